The zero-order valence-electron chi connectivity index (χ0n) is 15.1. The van der Waals surface area contributed by atoms with Gasteiger partial charge in [0.1, 0.15) is 6.61 Å². The van der Waals surface area contributed by atoms with E-state index in [0.29, 0.717) is 31.2 Å². The first kappa shape index (κ1) is 18.9. The normalized spacial score (nSPS) is 14.8. The molecule has 1 saturated heterocycles. The molecular formula is C19H24N4O4. The molecule has 0 spiro atoms. The Balaban J connectivity index is 1.38. The molecule has 1 fully saturated rings. The van der Waals surface area contributed by atoms with Crippen molar-refractivity contribution >= 4 is 12.0 Å². The minimum Gasteiger partial charge on any atom is -0.445 e. The summed E-state index contributed by atoms with van der Waals surface area (Å²) in [5.41, 5.74) is 1.59. The number of piperidine rings is 1. The largest absolute Gasteiger partial charge is 0.445 e. The number of nitrogens with zero attached hydrogens (tertiary/aromatic N) is 2. The molecule has 2 aromatic rings. The fourth-order valence-corrected chi connectivity index (χ4v) is 3.09. The second kappa shape index (κ2) is 9.18. The number of carbonyl (C=O) groups excluding carboxylic acids is 2. The van der Waals surface area contributed by atoms with Crippen LogP contribution in [-0.4, -0.2) is 51.6 Å². The summed E-state index contributed by atoms with van der Waals surface area (Å²) < 4.78 is 5.36. The molecule has 8 heteroatoms. The van der Waals surface area contributed by atoms with E-state index in [-0.39, 0.29) is 30.9 Å². The highest BCUT2D eigenvalue weighted by atomic mass is 16.6. The number of hydrogen-bond donors (Lipinski definition) is 3. The highest BCUT2D eigenvalue weighted by Crippen LogP contribution is 2.18. The van der Waals surface area contributed by atoms with Crippen LogP contribution in [0.4, 0.5) is 4.79 Å². The number of hydrogen-bond acceptors (Lipinski definition) is 5. The van der Waals surface area contributed by atoms with Crippen molar-refractivity contribution in [2.75, 3.05) is 19.6 Å². The number of H-pyrrole nitrogens is 1. The molecule has 8 nitrogen and oxygen atoms in total. The van der Waals surface area contributed by atoms with Crippen LogP contribution in [0.15, 0.2) is 36.7 Å². The zero-order chi connectivity index (χ0) is 19.1. The average molecular weight is 372 g/mol. The Hall–Kier alpha value is -2.87. The maximum atomic E-state index is 12.2. The first-order chi connectivity index (χ1) is 13.2. The number of aromatic amines is 1. The van der Waals surface area contributed by atoms with Crippen molar-refractivity contribution in [2.24, 2.45) is 5.92 Å². The van der Waals surface area contributed by atoms with Gasteiger partial charge in [-0.05, 0) is 24.3 Å². The number of aromatic nitrogens is 2. The van der Waals surface area contributed by atoms with Crippen molar-refractivity contribution in [3.63, 3.8) is 0 Å². The minimum absolute atomic E-state index is 0.222. The standard InChI is InChI=1S/C19H24N4O4/c24-11-16-17(22-13-21-16)18(25)20-10-14-6-8-23(9-7-14)19(26)27-12-15-4-2-1-3-5-15/h1-5,13-14,24H,6-12H2,(H,20,25)(H,21,22). The van der Waals surface area contributed by atoms with Crippen LogP contribution in [0.1, 0.15) is 34.6 Å². The molecule has 1 aliphatic heterocycles. The van der Waals surface area contributed by atoms with Crippen LogP contribution in [-0.2, 0) is 18.0 Å². The second-order valence-corrected chi connectivity index (χ2v) is 6.57. The molecule has 0 bridgehead atoms. The summed E-state index contributed by atoms with van der Waals surface area (Å²) in [4.78, 5) is 32.7. The monoisotopic (exact) mass is 372 g/mol. The van der Waals surface area contributed by atoms with E-state index in [1.165, 1.54) is 6.33 Å². The Morgan fingerprint density at radius 3 is 2.70 bits per heavy atom. The third-order valence-electron chi connectivity index (χ3n) is 4.72. The minimum atomic E-state index is -0.301. The molecule has 144 valence electrons. The lowest BCUT2D eigenvalue weighted by atomic mass is 9.97. The molecular weight excluding hydrogens is 348 g/mol. The number of benzene rings is 1. The first-order valence-electron chi connectivity index (χ1n) is 9.04. The SMILES string of the molecule is O=C(NCC1CCN(C(=O)OCc2ccccc2)CC1)c1nc[nH]c1CO. The van der Waals surface area contributed by atoms with Gasteiger partial charge in [0.05, 0.1) is 18.6 Å². The number of carbonyl (C=O) groups is 2. The van der Waals surface area contributed by atoms with Crippen molar-refractivity contribution in [1.29, 1.82) is 0 Å². The van der Waals surface area contributed by atoms with E-state index in [1.807, 2.05) is 30.3 Å². The Morgan fingerprint density at radius 2 is 2.00 bits per heavy atom. The number of nitrogens with one attached hydrogen (secondary N) is 2. The summed E-state index contributed by atoms with van der Waals surface area (Å²) in [5.74, 6) is -0.00589. The number of likely N-dealkylation sites (tertiary alicyclic amines) is 1. The van der Waals surface area contributed by atoms with Crippen molar-refractivity contribution < 1.29 is 19.4 Å². The van der Waals surface area contributed by atoms with E-state index in [9.17, 15) is 14.7 Å². The molecule has 1 aliphatic rings. The summed E-state index contributed by atoms with van der Waals surface area (Å²) in [6, 6.07) is 9.59. The number of aliphatic hydroxyl groups is 1. The lowest BCUT2D eigenvalue weighted by molar-refractivity contribution is 0.0799. The van der Waals surface area contributed by atoms with Gasteiger partial charge in [0.25, 0.3) is 5.91 Å². The molecule has 0 unspecified atom stereocenters. The summed E-state index contributed by atoms with van der Waals surface area (Å²) >= 11 is 0. The number of rotatable bonds is 6. The zero-order valence-corrected chi connectivity index (χ0v) is 15.1. The smallest absolute Gasteiger partial charge is 0.410 e. The van der Waals surface area contributed by atoms with Crippen molar-refractivity contribution in [3.8, 4) is 0 Å². The highest BCUT2D eigenvalue weighted by Gasteiger charge is 2.24. The van der Waals surface area contributed by atoms with Gasteiger partial charge < -0.3 is 25.0 Å². The Kier molecular flexibility index (Phi) is 6.43. The molecule has 3 rings (SSSR count). The predicted octanol–water partition coefficient (Wildman–Crippen LogP) is 1.68. The van der Waals surface area contributed by atoms with Gasteiger partial charge in [0.15, 0.2) is 5.69 Å². The quantitative estimate of drug-likeness (QED) is 0.715. The van der Waals surface area contributed by atoms with E-state index < -0.39 is 0 Å². The van der Waals surface area contributed by atoms with Crippen molar-refractivity contribution in [3.05, 3.63) is 53.6 Å². The van der Waals surface area contributed by atoms with Gasteiger partial charge >= 0.3 is 6.09 Å². The highest BCUT2D eigenvalue weighted by molar-refractivity contribution is 5.93. The van der Waals surface area contributed by atoms with E-state index in [4.69, 9.17) is 4.74 Å². The molecule has 1 aromatic heterocycles. The van der Waals surface area contributed by atoms with Gasteiger partial charge in [-0.1, -0.05) is 30.3 Å². The maximum Gasteiger partial charge on any atom is 0.410 e. The Bertz CT molecular complexity index is 754. The third kappa shape index (κ3) is 5.07. The molecule has 2 amide bonds. The topological polar surface area (TPSA) is 108 Å². The molecule has 0 aliphatic carbocycles. The van der Waals surface area contributed by atoms with Crippen molar-refractivity contribution in [1.82, 2.24) is 20.2 Å². The van der Waals surface area contributed by atoms with E-state index in [2.05, 4.69) is 15.3 Å². The lowest BCUT2D eigenvalue weighted by Gasteiger charge is -2.31. The van der Waals surface area contributed by atoms with Crippen LogP contribution in [0.25, 0.3) is 0 Å². The van der Waals surface area contributed by atoms with Crippen LogP contribution in [0.3, 0.4) is 0 Å². The van der Waals surface area contributed by atoms with Crippen LogP contribution in [0.2, 0.25) is 0 Å². The molecule has 27 heavy (non-hydrogen) atoms. The van der Waals surface area contributed by atoms with Gasteiger partial charge in [-0.25, -0.2) is 9.78 Å². The summed E-state index contributed by atoms with van der Waals surface area (Å²) in [6.45, 7) is 1.75. The third-order valence-corrected chi connectivity index (χ3v) is 4.72. The van der Waals surface area contributed by atoms with Crippen molar-refractivity contribution in [2.45, 2.75) is 26.1 Å². The van der Waals surface area contributed by atoms with Gasteiger partial charge in [-0.2, -0.15) is 0 Å². The van der Waals surface area contributed by atoms with Crippen LogP contribution >= 0.6 is 0 Å². The molecule has 3 N–H and O–H groups in total. The number of imidazole rings is 1. The van der Waals surface area contributed by atoms with Gasteiger partial charge in [-0.15, -0.1) is 0 Å². The van der Waals surface area contributed by atoms with Crippen LogP contribution in [0.5, 0.6) is 0 Å². The predicted molar refractivity (Wildman–Crippen MR) is 97.8 cm³/mol. The fourth-order valence-electron chi connectivity index (χ4n) is 3.09. The molecule has 0 radical (unpaired) electrons. The lowest BCUT2D eigenvalue weighted by Crippen LogP contribution is -2.41. The molecule has 2 heterocycles. The Morgan fingerprint density at radius 1 is 1.26 bits per heavy atom. The van der Waals surface area contributed by atoms with Crippen LogP contribution < -0.4 is 5.32 Å². The number of ether oxygens (including phenoxy) is 1. The summed E-state index contributed by atoms with van der Waals surface area (Å²) in [6.07, 6.45) is 2.69. The van der Waals surface area contributed by atoms with E-state index >= 15 is 0 Å². The average Bonchev–Trinajstić information content (AvgIpc) is 3.20. The van der Waals surface area contributed by atoms with Gasteiger partial charge in [0.2, 0.25) is 0 Å². The molecule has 0 saturated carbocycles. The van der Waals surface area contributed by atoms with E-state index in [1.54, 1.807) is 4.90 Å². The van der Waals surface area contributed by atoms with E-state index in [0.717, 1.165) is 18.4 Å². The first-order valence-corrected chi connectivity index (χ1v) is 9.04. The van der Waals surface area contributed by atoms with Gasteiger partial charge in [-0.3, -0.25) is 4.79 Å². The second-order valence-electron chi connectivity index (χ2n) is 6.57. The summed E-state index contributed by atoms with van der Waals surface area (Å²) in [5, 5.41) is 12.0. The fraction of sp³-hybridized carbons (Fsp3) is 0.421. The maximum absolute atomic E-state index is 12.2. The van der Waals surface area contributed by atoms with Gasteiger partial charge in [0, 0.05) is 19.6 Å². The summed E-state index contributed by atoms with van der Waals surface area (Å²) in [7, 11) is 0. The van der Waals surface area contributed by atoms with Crippen LogP contribution in [0, 0.1) is 5.92 Å². The molecule has 1 aromatic carbocycles. The number of amides is 2. The Labute approximate surface area is 157 Å². The number of aliphatic hydroxyl groups excluding tert-OH is 1. The molecule has 0 atom stereocenters.